The predicted octanol–water partition coefficient (Wildman–Crippen LogP) is 5.75. The molecule has 0 saturated carbocycles. The molecule has 3 aromatic rings. The van der Waals surface area contributed by atoms with Crippen molar-refractivity contribution in [3.05, 3.63) is 80.8 Å². The van der Waals surface area contributed by atoms with Gasteiger partial charge in [-0.2, -0.15) is 0 Å². The third kappa shape index (κ3) is 5.08. The van der Waals surface area contributed by atoms with E-state index in [-0.39, 0.29) is 17.8 Å². The van der Waals surface area contributed by atoms with Gasteiger partial charge in [0.25, 0.3) is 0 Å². The van der Waals surface area contributed by atoms with Crippen LogP contribution in [0.1, 0.15) is 63.3 Å². The summed E-state index contributed by atoms with van der Waals surface area (Å²) in [4.78, 5) is 26.4. The maximum atomic E-state index is 12.7. The van der Waals surface area contributed by atoms with E-state index >= 15 is 0 Å². The van der Waals surface area contributed by atoms with Crippen LogP contribution in [0.3, 0.4) is 0 Å². The van der Waals surface area contributed by atoms with Crippen LogP contribution in [0.4, 0.5) is 0 Å². The van der Waals surface area contributed by atoms with Crippen molar-refractivity contribution in [3.8, 4) is 0 Å². The lowest BCUT2D eigenvalue weighted by atomic mass is 9.87. The topological polar surface area (TPSA) is 48.3 Å². The molecular formula is C25H29NO3S. The Kier molecular flexibility index (Phi) is 6.61. The molecule has 0 bridgehead atoms. The summed E-state index contributed by atoms with van der Waals surface area (Å²) in [7, 11) is 0. The molecule has 0 aliphatic rings. The van der Waals surface area contributed by atoms with Gasteiger partial charge in [0.15, 0.2) is 6.61 Å². The van der Waals surface area contributed by atoms with Gasteiger partial charge in [-0.25, -0.2) is 4.79 Å². The molecule has 158 valence electrons. The van der Waals surface area contributed by atoms with Crippen molar-refractivity contribution in [2.45, 2.75) is 53.0 Å². The number of esters is 1. The van der Waals surface area contributed by atoms with E-state index in [1.54, 1.807) is 23.5 Å². The van der Waals surface area contributed by atoms with Crippen molar-refractivity contribution in [1.29, 1.82) is 0 Å². The highest BCUT2D eigenvalue weighted by atomic mass is 32.1. The van der Waals surface area contributed by atoms with Crippen LogP contribution in [0, 0.1) is 13.8 Å². The quantitative estimate of drug-likeness (QED) is 0.359. The molecule has 4 nitrogen and oxygen atoms in total. The van der Waals surface area contributed by atoms with E-state index < -0.39 is 5.97 Å². The summed E-state index contributed by atoms with van der Waals surface area (Å²) in [6.07, 6.45) is 0.932. The number of benzene rings is 1. The summed E-state index contributed by atoms with van der Waals surface area (Å²) in [5, 5.41) is 2.07. The molecule has 0 fully saturated rings. The summed E-state index contributed by atoms with van der Waals surface area (Å²) >= 11 is 1.74. The molecule has 0 aliphatic carbocycles. The number of ketones is 1. The highest BCUT2D eigenvalue weighted by molar-refractivity contribution is 7.09. The summed E-state index contributed by atoms with van der Waals surface area (Å²) in [6, 6.07) is 13.4. The first-order valence-electron chi connectivity index (χ1n) is 10.2. The highest BCUT2D eigenvalue weighted by Gasteiger charge is 2.19. The molecule has 0 radical (unpaired) electrons. The Morgan fingerprint density at radius 1 is 1.07 bits per heavy atom. The average Bonchev–Trinajstić information content (AvgIpc) is 3.32. The molecule has 0 saturated heterocycles. The van der Waals surface area contributed by atoms with Crippen LogP contribution in [0.15, 0.2) is 47.8 Å². The largest absolute Gasteiger partial charge is 0.454 e. The molecule has 5 heteroatoms. The van der Waals surface area contributed by atoms with Crippen LogP contribution in [0.2, 0.25) is 0 Å². The van der Waals surface area contributed by atoms with Gasteiger partial charge in [0, 0.05) is 28.4 Å². The van der Waals surface area contributed by atoms with Crippen LogP contribution < -0.4 is 0 Å². The monoisotopic (exact) mass is 423 g/mol. The van der Waals surface area contributed by atoms with Crippen LogP contribution in [0.25, 0.3) is 0 Å². The van der Waals surface area contributed by atoms with E-state index in [0.717, 1.165) is 29.9 Å². The number of hydrogen-bond donors (Lipinski definition) is 0. The lowest BCUT2D eigenvalue weighted by Crippen LogP contribution is -2.16. The first kappa shape index (κ1) is 22.0. The smallest absolute Gasteiger partial charge is 0.338 e. The second kappa shape index (κ2) is 9.00. The second-order valence-electron chi connectivity index (χ2n) is 8.59. The normalized spacial score (nSPS) is 11.5. The number of aryl methyl sites for hydroxylation is 2. The van der Waals surface area contributed by atoms with Crippen molar-refractivity contribution < 1.29 is 14.3 Å². The molecule has 0 N–H and O–H groups in total. The summed E-state index contributed by atoms with van der Waals surface area (Å²) in [5.41, 5.74) is 4.19. The van der Waals surface area contributed by atoms with Gasteiger partial charge in [-0.05, 0) is 60.9 Å². The minimum Gasteiger partial charge on any atom is -0.454 e. The van der Waals surface area contributed by atoms with Crippen molar-refractivity contribution >= 4 is 23.1 Å². The number of carbonyl (C=O) groups excluding carboxylic acids is 2. The molecule has 0 amide bonds. The minimum atomic E-state index is -0.477. The number of rotatable bonds is 7. The van der Waals surface area contributed by atoms with Crippen LogP contribution in [-0.2, 0) is 23.1 Å². The highest BCUT2D eigenvalue weighted by Crippen LogP contribution is 2.22. The van der Waals surface area contributed by atoms with Gasteiger partial charge >= 0.3 is 5.97 Å². The standard InChI is InChI=1S/C25H29NO3S/c1-17-15-22(18(2)26(17)13-12-21-7-6-14-30-21)23(27)16-29-24(28)19-8-10-20(11-9-19)25(3,4)5/h6-11,14-15H,12-13,16H2,1-5H3. The van der Waals surface area contributed by atoms with E-state index in [1.165, 1.54) is 4.88 Å². The number of nitrogens with zero attached hydrogens (tertiary/aromatic N) is 1. The van der Waals surface area contributed by atoms with Gasteiger partial charge < -0.3 is 9.30 Å². The number of aromatic nitrogens is 1. The number of thiophene rings is 1. The maximum absolute atomic E-state index is 12.7. The number of carbonyl (C=O) groups is 2. The Bertz CT molecular complexity index is 1020. The maximum Gasteiger partial charge on any atom is 0.338 e. The molecule has 2 heterocycles. The Hall–Kier alpha value is -2.66. The van der Waals surface area contributed by atoms with Crippen molar-refractivity contribution in [2.24, 2.45) is 0 Å². The fourth-order valence-electron chi connectivity index (χ4n) is 3.50. The van der Waals surface area contributed by atoms with Crippen LogP contribution in [-0.4, -0.2) is 22.9 Å². The zero-order valence-corrected chi connectivity index (χ0v) is 19.1. The number of hydrogen-bond acceptors (Lipinski definition) is 4. The van der Waals surface area contributed by atoms with Gasteiger partial charge in [0.05, 0.1) is 5.56 Å². The Morgan fingerprint density at radius 2 is 1.77 bits per heavy atom. The molecular weight excluding hydrogens is 394 g/mol. The Morgan fingerprint density at radius 3 is 2.37 bits per heavy atom. The van der Waals surface area contributed by atoms with Crippen LogP contribution in [0.5, 0.6) is 0 Å². The van der Waals surface area contributed by atoms with Crippen LogP contribution >= 0.6 is 11.3 Å². The minimum absolute atomic E-state index is 0.0183. The molecule has 0 aliphatic heterocycles. The lowest BCUT2D eigenvalue weighted by molar-refractivity contribution is 0.0474. The number of Topliss-reactive ketones (excluding diaryl/α,β-unsaturated/α-hetero) is 1. The van der Waals surface area contributed by atoms with Gasteiger partial charge in [-0.3, -0.25) is 4.79 Å². The molecule has 3 rings (SSSR count). The van der Waals surface area contributed by atoms with E-state index in [0.29, 0.717) is 11.1 Å². The molecule has 0 atom stereocenters. The summed E-state index contributed by atoms with van der Waals surface area (Å²) in [5.74, 6) is -0.652. The van der Waals surface area contributed by atoms with Gasteiger partial charge in [0.2, 0.25) is 5.78 Å². The Labute approximate surface area is 182 Å². The number of ether oxygens (including phenoxy) is 1. The van der Waals surface area contributed by atoms with E-state index in [1.807, 2.05) is 32.0 Å². The lowest BCUT2D eigenvalue weighted by Gasteiger charge is -2.18. The van der Waals surface area contributed by atoms with Crippen molar-refractivity contribution in [2.75, 3.05) is 6.61 Å². The molecule has 0 spiro atoms. The van der Waals surface area contributed by atoms with Crippen molar-refractivity contribution in [3.63, 3.8) is 0 Å². The average molecular weight is 424 g/mol. The first-order chi connectivity index (χ1) is 14.2. The van der Waals surface area contributed by atoms with Gasteiger partial charge in [-0.15, -0.1) is 11.3 Å². The second-order valence-corrected chi connectivity index (χ2v) is 9.62. The Balaban J connectivity index is 1.62. The zero-order chi connectivity index (χ0) is 21.9. The van der Waals surface area contributed by atoms with E-state index in [4.69, 9.17) is 4.74 Å². The SMILES string of the molecule is Cc1cc(C(=O)COC(=O)c2ccc(C(C)(C)C)cc2)c(C)n1CCc1cccs1. The fraction of sp³-hybridized carbons (Fsp3) is 0.360. The fourth-order valence-corrected chi connectivity index (χ4v) is 4.20. The zero-order valence-electron chi connectivity index (χ0n) is 18.3. The van der Waals surface area contributed by atoms with Crippen molar-refractivity contribution in [1.82, 2.24) is 4.57 Å². The molecule has 0 unspecified atom stereocenters. The summed E-state index contributed by atoms with van der Waals surface area (Å²) < 4.78 is 7.45. The van der Waals surface area contributed by atoms with Gasteiger partial charge in [0.1, 0.15) is 0 Å². The molecule has 30 heavy (non-hydrogen) atoms. The first-order valence-corrected chi connectivity index (χ1v) is 11.0. The summed E-state index contributed by atoms with van der Waals surface area (Å²) in [6.45, 7) is 10.9. The third-order valence-corrected chi connectivity index (χ3v) is 6.29. The third-order valence-electron chi connectivity index (χ3n) is 5.36. The van der Waals surface area contributed by atoms with E-state index in [9.17, 15) is 9.59 Å². The molecule has 1 aromatic carbocycles. The predicted molar refractivity (Wildman–Crippen MR) is 122 cm³/mol. The van der Waals surface area contributed by atoms with E-state index in [2.05, 4.69) is 42.9 Å². The van der Waals surface area contributed by atoms with Gasteiger partial charge in [-0.1, -0.05) is 39.0 Å². The molecule has 2 aromatic heterocycles.